The van der Waals surface area contributed by atoms with E-state index in [9.17, 15) is 26.4 Å². The van der Waals surface area contributed by atoms with Gasteiger partial charge in [0.05, 0.1) is 5.75 Å². The minimum atomic E-state index is -4.68. The van der Waals surface area contributed by atoms with Crippen molar-refractivity contribution < 1.29 is 26.4 Å². The van der Waals surface area contributed by atoms with Crippen LogP contribution in [0.4, 0.5) is 18.3 Å². The first-order valence-corrected chi connectivity index (χ1v) is 9.22. The number of anilines is 1. The van der Waals surface area contributed by atoms with E-state index >= 15 is 0 Å². The Balaban J connectivity index is 1.98. The number of halogens is 4. The lowest BCUT2D eigenvalue weighted by Crippen LogP contribution is -2.23. The molecule has 24 heavy (non-hydrogen) atoms. The SMILES string of the molecule is O=C(CS(=O)(=O)Cc1ccc(Cl)cc1)Nc1nnc(C(F)(F)F)s1. The number of carbonyl (C=O) groups is 1. The zero-order valence-electron chi connectivity index (χ0n) is 11.7. The van der Waals surface area contributed by atoms with E-state index in [2.05, 4.69) is 10.2 Å². The Bertz CT molecular complexity index is 835. The van der Waals surface area contributed by atoms with Crippen molar-refractivity contribution >= 4 is 43.8 Å². The summed E-state index contributed by atoms with van der Waals surface area (Å²) in [5, 5.41) is 6.80. The molecule has 0 saturated carbocycles. The average molecular weight is 400 g/mol. The van der Waals surface area contributed by atoms with Gasteiger partial charge in [-0.3, -0.25) is 10.1 Å². The summed E-state index contributed by atoms with van der Waals surface area (Å²) in [6.45, 7) is 0. The van der Waals surface area contributed by atoms with E-state index in [1.54, 1.807) is 0 Å². The number of carbonyl (C=O) groups excluding carboxylic acids is 1. The summed E-state index contributed by atoms with van der Waals surface area (Å²) in [6.07, 6.45) is -4.68. The molecule has 0 spiro atoms. The van der Waals surface area contributed by atoms with Crippen molar-refractivity contribution in [1.82, 2.24) is 10.2 Å². The molecule has 1 aromatic heterocycles. The Morgan fingerprint density at radius 2 is 1.83 bits per heavy atom. The van der Waals surface area contributed by atoms with Crippen molar-refractivity contribution in [1.29, 1.82) is 0 Å². The van der Waals surface area contributed by atoms with Crippen LogP contribution < -0.4 is 5.32 Å². The molecule has 1 aromatic carbocycles. The number of rotatable bonds is 5. The van der Waals surface area contributed by atoms with Crippen LogP contribution in [0.1, 0.15) is 10.6 Å². The molecule has 12 heteroatoms. The Kier molecular flexibility index (Phi) is 5.45. The van der Waals surface area contributed by atoms with Crippen LogP contribution >= 0.6 is 22.9 Å². The van der Waals surface area contributed by atoms with Gasteiger partial charge in [-0.2, -0.15) is 13.2 Å². The van der Waals surface area contributed by atoms with E-state index in [0.717, 1.165) is 0 Å². The zero-order valence-corrected chi connectivity index (χ0v) is 14.1. The third-order valence-electron chi connectivity index (χ3n) is 2.56. The zero-order chi connectivity index (χ0) is 18.0. The largest absolute Gasteiger partial charge is 0.445 e. The normalized spacial score (nSPS) is 12.2. The number of hydrogen-bond donors (Lipinski definition) is 1. The molecule has 0 aliphatic rings. The van der Waals surface area contributed by atoms with Gasteiger partial charge in [0.15, 0.2) is 9.84 Å². The number of alkyl halides is 3. The molecule has 130 valence electrons. The third-order valence-corrected chi connectivity index (χ3v) is 5.18. The molecule has 0 fully saturated rings. The highest BCUT2D eigenvalue weighted by Crippen LogP contribution is 2.32. The van der Waals surface area contributed by atoms with Crippen molar-refractivity contribution in [3.8, 4) is 0 Å². The molecule has 0 atom stereocenters. The maximum Gasteiger partial charge on any atom is 0.445 e. The molecule has 0 saturated heterocycles. The highest BCUT2D eigenvalue weighted by molar-refractivity contribution is 7.91. The van der Waals surface area contributed by atoms with Crippen molar-refractivity contribution in [3.05, 3.63) is 39.9 Å². The first-order chi connectivity index (χ1) is 11.0. The summed E-state index contributed by atoms with van der Waals surface area (Å²) in [5.41, 5.74) is 0.433. The van der Waals surface area contributed by atoms with E-state index < -0.39 is 43.6 Å². The number of benzene rings is 1. The Labute approximate surface area is 143 Å². The highest BCUT2D eigenvalue weighted by Gasteiger charge is 2.35. The van der Waals surface area contributed by atoms with Crippen molar-refractivity contribution in [2.45, 2.75) is 11.9 Å². The number of nitrogens with zero attached hydrogens (tertiary/aromatic N) is 2. The maximum absolute atomic E-state index is 12.4. The molecular weight excluding hydrogens is 391 g/mol. The van der Waals surface area contributed by atoms with Crippen LogP contribution in [0.3, 0.4) is 0 Å². The highest BCUT2D eigenvalue weighted by atomic mass is 35.5. The van der Waals surface area contributed by atoms with Gasteiger partial charge < -0.3 is 0 Å². The molecule has 6 nitrogen and oxygen atoms in total. The summed E-state index contributed by atoms with van der Waals surface area (Å²) >= 11 is 5.80. The predicted molar refractivity (Wildman–Crippen MR) is 82.5 cm³/mol. The molecule has 0 bridgehead atoms. The fourth-order valence-corrected chi connectivity index (χ4v) is 3.66. The summed E-state index contributed by atoms with van der Waals surface area (Å²) in [4.78, 5) is 11.7. The van der Waals surface area contributed by atoms with Gasteiger partial charge in [-0.05, 0) is 17.7 Å². The van der Waals surface area contributed by atoms with Crippen LogP contribution in [0.15, 0.2) is 24.3 Å². The van der Waals surface area contributed by atoms with Crippen molar-refractivity contribution in [2.24, 2.45) is 0 Å². The van der Waals surface area contributed by atoms with Crippen LogP contribution in [0.2, 0.25) is 5.02 Å². The number of sulfone groups is 1. The fourth-order valence-electron chi connectivity index (χ4n) is 1.63. The second-order valence-electron chi connectivity index (χ2n) is 4.62. The number of aromatic nitrogens is 2. The minimum absolute atomic E-state index is 0.111. The van der Waals surface area contributed by atoms with Crippen molar-refractivity contribution in [3.63, 3.8) is 0 Å². The van der Waals surface area contributed by atoms with Gasteiger partial charge in [0, 0.05) is 5.02 Å². The van der Waals surface area contributed by atoms with Crippen LogP contribution in [-0.2, 0) is 26.6 Å². The van der Waals surface area contributed by atoms with Gasteiger partial charge in [0.2, 0.25) is 16.0 Å². The smallest absolute Gasteiger partial charge is 0.300 e. The first kappa shape index (κ1) is 18.6. The van der Waals surface area contributed by atoms with Crippen LogP contribution in [-0.4, -0.2) is 30.3 Å². The lowest BCUT2D eigenvalue weighted by atomic mass is 10.2. The van der Waals surface area contributed by atoms with Gasteiger partial charge >= 0.3 is 6.18 Å². The summed E-state index contributed by atoms with van der Waals surface area (Å²) < 4.78 is 61.0. The molecule has 1 amide bonds. The van der Waals surface area contributed by atoms with E-state index in [1.807, 2.05) is 5.32 Å². The van der Waals surface area contributed by atoms with Crippen LogP contribution in [0, 0.1) is 0 Å². The van der Waals surface area contributed by atoms with Gasteiger partial charge in [0.1, 0.15) is 5.75 Å². The number of hydrogen-bond acceptors (Lipinski definition) is 6. The fraction of sp³-hybridized carbons (Fsp3) is 0.250. The Hall–Kier alpha value is -1.72. The number of amides is 1. The predicted octanol–water partition coefficient (Wildman–Crippen LogP) is 2.76. The second-order valence-corrected chi connectivity index (χ2v) is 8.10. The van der Waals surface area contributed by atoms with Gasteiger partial charge in [-0.1, -0.05) is 35.1 Å². The standard InChI is InChI=1S/C12H9ClF3N3O3S2/c13-8-3-1-7(2-4-8)5-24(21,22)6-9(20)17-11-19-18-10(23-11)12(14,15)16/h1-4H,5-6H2,(H,17,19,20). The molecule has 2 rings (SSSR count). The maximum atomic E-state index is 12.4. The molecule has 0 aliphatic heterocycles. The molecule has 0 unspecified atom stereocenters. The van der Waals surface area contributed by atoms with E-state index in [-0.39, 0.29) is 11.3 Å². The van der Waals surface area contributed by atoms with Crippen molar-refractivity contribution in [2.75, 3.05) is 11.1 Å². The summed E-state index contributed by atoms with van der Waals surface area (Å²) in [7, 11) is -3.81. The molecule has 2 aromatic rings. The lowest BCUT2D eigenvalue weighted by molar-refractivity contribution is -0.138. The first-order valence-electron chi connectivity index (χ1n) is 6.20. The second kappa shape index (κ2) is 7.03. The van der Waals surface area contributed by atoms with Gasteiger partial charge in [-0.15, -0.1) is 10.2 Å². The summed E-state index contributed by atoms with van der Waals surface area (Å²) in [5.74, 6) is -2.29. The monoisotopic (exact) mass is 399 g/mol. The van der Waals surface area contributed by atoms with Crippen LogP contribution in [0.25, 0.3) is 0 Å². The summed E-state index contributed by atoms with van der Waals surface area (Å²) in [6, 6.07) is 6.01. The molecule has 0 radical (unpaired) electrons. The van der Waals surface area contributed by atoms with Gasteiger partial charge in [-0.25, -0.2) is 8.42 Å². The van der Waals surface area contributed by atoms with E-state index in [0.29, 0.717) is 10.6 Å². The van der Waals surface area contributed by atoms with Gasteiger partial charge in [0.25, 0.3) is 0 Å². The lowest BCUT2D eigenvalue weighted by Gasteiger charge is -2.04. The average Bonchev–Trinajstić information content (AvgIpc) is 2.88. The topological polar surface area (TPSA) is 89.0 Å². The number of nitrogens with one attached hydrogen (secondary N) is 1. The molecule has 0 aliphatic carbocycles. The molecular formula is C12H9ClF3N3O3S2. The van der Waals surface area contributed by atoms with E-state index in [1.165, 1.54) is 24.3 Å². The van der Waals surface area contributed by atoms with E-state index in [4.69, 9.17) is 11.6 Å². The minimum Gasteiger partial charge on any atom is -0.300 e. The third kappa shape index (κ3) is 5.42. The quantitative estimate of drug-likeness (QED) is 0.835. The molecule has 1 heterocycles. The Morgan fingerprint density at radius 3 is 2.38 bits per heavy atom. The Morgan fingerprint density at radius 1 is 1.21 bits per heavy atom. The molecule has 1 N–H and O–H groups in total. The van der Waals surface area contributed by atoms with Crippen LogP contribution in [0.5, 0.6) is 0 Å².